The number of piperazine rings is 1. The van der Waals surface area contributed by atoms with Gasteiger partial charge in [-0.2, -0.15) is 0 Å². The number of imide groups is 1. The fourth-order valence-electron chi connectivity index (χ4n) is 4.78. The second kappa shape index (κ2) is 10.1. The number of aryl methyl sites for hydroxylation is 2. The van der Waals surface area contributed by atoms with Crippen molar-refractivity contribution in [3.05, 3.63) is 40.6 Å². The van der Waals surface area contributed by atoms with Crippen molar-refractivity contribution in [2.45, 2.75) is 27.2 Å². The normalized spacial score (nSPS) is 21.2. The van der Waals surface area contributed by atoms with Crippen LogP contribution in [0.1, 0.15) is 30.0 Å². The predicted molar refractivity (Wildman–Crippen MR) is 125 cm³/mol. The van der Waals surface area contributed by atoms with Crippen molar-refractivity contribution in [2.75, 3.05) is 72.1 Å². The number of carbonyl (C=O) groups is 2. The van der Waals surface area contributed by atoms with Gasteiger partial charge in [0.25, 0.3) is 11.8 Å². The summed E-state index contributed by atoms with van der Waals surface area (Å²) in [6.07, 6.45) is 0.786. The molecule has 0 aromatic heterocycles. The third-order valence-electron chi connectivity index (χ3n) is 7.03. The molecule has 0 N–H and O–H groups in total. The van der Waals surface area contributed by atoms with E-state index in [-0.39, 0.29) is 11.8 Å². The molecule has 3 aliphatic rings. The Hall–Kier alpha value is -2.22. The summed E-state index contributed by atoms with van der Waals surface area (Å²) in [7, 11) is 0. The van der Waals surface area contributed by atoms with Gasteiger partial charge in [0.1, 0.15) is 5.70 Å². The molecule has 1 aromatic carbocycles. The Balaban J connectivity index is 1.55. The summed E-state index contributed by atoms with van der Waals surface area (Å²) in [5.41, 5.74) is 4.35. The van der Waals surface area contributed by atoms with Gasteiger partial charge in [-0.25, -0.2) is 0 Å². The van der Waals surface area contributed by atoms with Crippen molar-refractivity contribution in [1.82, 2.24) is 19.6 Å². The van der Waals surface area contributed by atoms with Crippen LogP contribution in [0.4, 0.5) is 0 Å². The van der Waals surface area contributed by atoms with Crippen LogP contribution in [0.5, 0.6) is 0 Å². The molecule has 2 saturated heterocycles. The average molecular weight is 441 g/mol. The summed E-state index contributed by atoms with van der Waals surface area (Å²) in [5.74, 6) is -0.275. The molecule has 0 atom stereocenters. The zero-order chi connectivity index (χ0) is 22.7. The van der Waals surface area contributed by atoms with Crippen LogP contribution in [0.15, 0.2) is 23.9 Å². The first-order valence-corrected chi connectivity index (χ1v) is 11.9. The molecule has 4 rings (SSSR count). The number of carbonyl (C=O) groups excluding carboxylic acids is 2. The minimum atomic E-state index is -0.145. The van der Waals surface area contributed by atoms with Gasteiger partial charge >= 0.3 is 0 Å². The Bertz CT molecular complexity index is 883. The van der Waals surface area contributed by atoms with Gasteiger partial charge in [0.2, 0.25) is 0 Å². The minimum absolute atomic E-state index is 0.129. The fourth-order valence-corrected chi connectivity index (χ4v) is 4.78. The van der Waals surface area contributed by atoms with Crippen LogP contribution in [0.3, 0.4) is 0 Å². The van der Waals surface area contributed by atoms with Gasteiger partial charge in [-0.1, -0.05) is 25.1 Å². The summed E-state index contributed by atoms with van der Waals surface area (Å²) >= 11 is 0. The molecule has 0 saturated carbocycles. The largest absolute Gasteiger partial charge is 0.379 e. The Morgan fingerprint density at radius 2 is 1.56 bits per heavy atom. The van der Waals surface area contributed by atoms with E-state index in [9.17, 15) is 9.59 Å². The average Bonchev–Trinajstić information content (AvgIpc) is 3.06. The standard InChI is InChI=1S/C25H36N4O3/c1-4-26-10-12-28(13-11-26)23-22(21-7-6-19(2)20(3)18-21)24(30)29(25(23)31)9-5-8-27-14-16-32-17-15-27/h6-7,18H,4-5,8-17H2,1-3H3. The number of amides is 2. The lowest BCUT2D eigenvalue weighted by molar-refractivity contribution is -0.137. The smallest absolute Gasteiger partial charge is 0.277 e. The molecule has 174 valence electrons. The number of nitrogens with zero attached hydrogens (tertiary/aromatic N) is 4. The third kappa shape index (κ3) is 4.75. The highest BCUT2D eigenvalue weighted by atomic mass is 16.5. The molecule has 2 fully saturated rings. The number of hydrogen-bond donors (Lipinski definition) is 0. The highest BCUT2D eigenvalue weighted by molar-refractivity contribution is 6.35. The molecule has 2 amide bonds. The van der Waals surface area contributed by atoms with E-state index in [0.717, 1.165) is 83.1 Å². The number of rotatable bonds is 7. The predicted octanol–water partition coefficient (Wildman–Crippen LogP) is 1.74. The summed E-state index contributed by atoms with van der Waals surface area (Å²) < 4.78 is 5.42. The van der Waals surface area contributed by atoms with Crippen molar-refractivity contribution >= 4 is 17.4 Å². The van der Waals surface area contributed by atoms with E-state index >= 15 is 0 Å². The number of likely N-dealkylation sites (N-methyl/N-ethyl adjacent to an activating group) is 1. The number of ether oxygens (including phenoxy) is 1. The van der Waals surface area contributed by atoms with Crippen LogP contribution in [-0.4, -0.2) is 104 Å². The van der Waals surface area contributed by atoms with Crippen molar-refractivity contribution in [1.29, 1.82) is 0 Å². The van der Waals surface area contributed by atoms with E-state index < -0.39 is 0 Å². The molecule has 3 heterocycles. The number of morpholine rings is 1. The van der Waals surface area contributed by atoms with Crippen LogP contribution >= 0.6 is 0 Å². The topological polar surface area (TPSA) is 56.3 Å². The second-order valence-corrected chi connectivity index (χ2v) is 9.01. The molecular formula is C25H36N4O3. The quantitative estimate of drug-likeness (QED) is 0.602. The van der Waals surface area contributed by atoms with Gasteiger partial charge in [0, 0.05) is 52.4 Å². The van der Waals surface area contributed by atoms with Crippen molar-refractivity contribution in [3.8, 4) is 0 Å². The van der Waals surface area contributed by atoms with E-state index in [1.807, 2.05) is 12.1 Å². The lowest BCUT2D eigenvalue weighted by Crippen LogP contribution is -2.47. The van der Waals surface area contributed by atoms with Gasteiger partial charge < -0.3 is 14.5 Å². The maximum Gasteiger partial charge on any atom is 0.277 e. The lowest BCUT2D eigenvalue weighted by atomic mass is 9.99. The maximum absolute atomic E-state index is 13.5. The summed E-state index contributed by atoms with van der Waals surface area (Å²) in [6, 6.07) is 6.08. The summed E-state index contributed by atoms with van der Waals surface area (Å²) in [6.45, 7) is 15.4. The molecule has 0 spiro atoms. The second-order valence-electron chi connectivity index (χ2n) is 9.01. The fraction of sp³-hybridized carbons (Fsp3) is 0.600. The molecule has 32 heavy (non-hydrogen) atoms. The van der Waals surface area contributed by atoms with Crippen LogP contribution in [0.25, 0.3) is 5.57 Å². The molecular weight excluding hydrogens is 404 g/mol. The third-order valence-corrected chi connectivity index (χ3v) is 7.03. The Labute approximate surface area is 191 Å². The van der Waals surface area contributed by atoms with Gasteiger partial charge in [0.15, 0.2) is 0 Å². The Morgan fingerprint density at radius 1 is 0.844 bits per heavy atom. The van der Waals surface area contributed by atoms with E-state index in [0.29, 0.717) is 17.8 Å². The number of benzene rings is 1. The van der Waals surface area contributed by atoms with E-state index in [1.165, 1.54) is 10.5 Å². The zero-order valence-corrected chi connectivity index (χ0v) is 19.7. The van der Waals surface area contributed by atoms with Crippen LogP contribution in [0.2, 0.25) is 0 Å². The Morgan fingerprint density at radius 3 is 2.22 bits per heavy atom. The highest BCUT2D eigenvalue weighted by Gasteiger charge is 2.41. The molecule has 3 aliphatic heterocycles. The van der Waals surface area contributed by atoms with Gasteiger partial charge in [-0.3, -0.25) is 19.4 Å². The van der Waals surface area contributed by atoms with Crippen LogP contribution < -0.4 is 0 Å². The van der Waals surface area contributed by atoms with E-state index in [4.69, 9.17) is 4.74 Å². The Kier molecular flexibility index (Phi) is 7.28. The maximum atomic E-state index is 13.5. The lowest BCUT2D eigenvalue weighted by Gasteiger charge is -2.36. The van der Waals surface area contributed by atoms with Gasteiger partial charge in [-0.15, -0.1) is 0 Å². The van der Waals surface area contributed by atoms with E-state index in [2.05, 4.69) is 41.5 Å². The minimum Gasteiger partial charge on any atom is -0.379 e. The molecule has 0 aliphatic carbocycles. The van der Waals surface area contributed by atoms with Gasteiger partial charge in [0.05, 0.1) is 18.8 Å². The monoisotopic (exact) mass is 440 g/mol. The van der Waals surface area contributed by atoms with E-state index in [1.54, 1.807) is 0 Å². The zero-order valence-electron chi connectivity index (χ0n) is 19.7. The first kappa shape index (κ1) is 23.0. The molecule has 0 radical (unpaired) electrons. The first-order valence-electron chi connectivity index (χ1n) is 11.9. The molecule has 7 heteroatoms. The SMILES string of the molecule is CCN1CCN(C2=C(c3ccc(C)c(C)c3)C(=O)N(CCCN3CCOCC3)C2=O)CC1. The highest BCUT2D eigenvalue weighted by Crippen LogP contribution is 2.33. The first-order chi connectivity index (χ1) is 15.5. The van der Waals surface area contributed by atoms with Crippen molar-refractivity contribution in [3.63, 3.8) is 0 Å². The van der Waals surface area contributed by atoms with Crippen molar-refractivity contribution < 1.29 is 14.3 Å². The van der Waals surface area contributed by atoms with Crippen LogP contribution in [0, 0.1) is 13.8 Å². The molecule has 7 nitrogen and oxygen atoms in total. The van der Waals surface area contributed by atoms with Gasteiger partial charge in [-0.05, 0) is 43.5 Å². The summed E-state index contributed by atoms with van der Waals surface area (Å²) in [5, 5.41) is 0. The molecule has 1 aromatic rings. The van der Waals surface area contributed by atoms with Crippen LogP contribution in [-0.2, 0) is 14.3 Å². The molecule has 0 bridgehead atoms. The van der Waals surface area contributed by atoms with Crippen molar-refractivity contribution in [2.24, 2.45) is 0 Å². The molecule has 0 unspecified atom stereocenters. The number of hydrogen-bond acceptors (Lipinski definition) is 6. The summed E-state index contributed by atoms with van der Waals surface area (Å²) in [4.78, 5) is 35.4.